The third-order valence-electron chi connectivity index (χ3n) is 2.29. The minimum absolute atomic E-state index is 0.505. The number of hydrogen-bond donors (Lipinski definition) is 1. The summed E-state index contributed by atoms with van der Waals surface area (Å²) < 4.78 is 4.94. The molecule has 16 heavy (non-hydrogen) atoms. The van der Waals surface area contributed by atoms with E-state index < -0.39 is 0 Å². The molecule has 0 aliphatic heterocycles. The van der Waals surface area contributed by atoms with Crippen LogP contribution in [0.3, 0.4) is 0 Å². The average Bonchev–Trinajstić information content (AvgIpc) is 2.72. The van der Waals surface area contributed by atoms with Crippen molar-refractivity contribution in [1.29, 1.82) is 0 Å². The zero-order valence-electron chi connectivity index (χ0n) is 9.31. The van der Waals surface area contributed by atoms with Gasteiger partial charge in [0.1, 0.15) is 0 Å². The lowest BCUT2D eigenvalue weighted by atomic mass is 10.1. The van der Waals surface area contributed by atoms with Crippen LogP contribution in [0.5, 0.6) is 0 Å². The van der Waals surface area contributed by atoms with Gasteiger partial charge in [-0.3, -0.25) is 0 Å². The number of hydrogen-bond acceptors (Lipinski definition) is 4. The minimum Gasteiger partial charge on any atom is -0.338 e. The largest absolute Gasteiger partial charge is 0.338 e. The summed E-state index contributed by atoms with van der Waals surface area (Å²) in [6, 6.07) is 10.9. The summed E-state index contributed by atoms with van der Waals surface area (Å²) in [6.07, 6.45) is 2.10. The van der Waals surface area contributed by atoms with Crippen LogP contribution in [0.1, 0.15) is 17.8 Å². The summed E-state index contributed by atoms with van der Waals surface area (Å²) >= 11 is 0. The highest BCUT2D eigenvalue weighted by Crippen LogP contribution is 2.04. The summed E-state index contributed by atoms with van der Waals surface area (Å²) in [4.78, 5) is 4.07. The maximum Gasteiger partial charge on any atom is 0.321 e. The van der Waals surface area contributed by atoms with Crippen molar-refractivity contribution >= 4 is 6.01 Å². The number of aromatic nitrogens is 2. The van der Waals surface area contributed by atoms with Gasteiger partial charge in [0, 0.05) is 6.54 Å². The Bertz CT molecular complexity index is 425. The maximum absolute atomic E-state index is 4.94. The predicted molar refractivity (Wildman–Crippen MR) is 62.3 cm³/mol. The van der Waals surface area contributed by atoms with E-state index in [1.807, 2.05) is 6.07 Å². The molecule has 1 heterocycles. The first-order valence-corrected chi connectivity index (χ1v) is 5.43. The molecule has 1 N–H and O–H groups in total. The van der Waals surface area contributed by atoms with E-state index in [0.29, 0.717) is 11.8 Å². The minimum atomic E-state index is 0.505. The van der Waals surface area contributed by atoms with E-state index in [4.69, 9.17) is 4.52 Å². The zero-order chi connectivity index (χ0) is 11.2. The lowest BCUT2D eigenvalue weighted by molar-refractivity contribution is 0.425. The average molecular weight is 217 g/mol. The van der Waals surface area contributed by atoms with Crippen molar-refractivity contribution < 1.29 is 4.52 Å². The van der Waals surface area contributed by atoms with Gasteiger partial charge in [-0.2, -0.15) is 4.98 Å². The summed E-state index contributed by atoms with van der Waals surface area (Å²) in [6.45, 7) is 2.65. The Morgan fingerprint density at radius 3 is 2.75 bits per heavy atom. The van der Waals surface area contributed by atoms with Gasteiger partial charge in [0.15, 0.2) is 5.82 Å². The number of benzene rings is 1. The Kier molecular flexibility index (Phi) is 3.53. The fourth-order valence-electron chi connectivity index (χ4n) is 1.50. The standard InChI is InChI=1S/C12H15N3O/c1-10-14-12(16-15-10)13-9-5-8-11-6-3-2-4-7-11/h2-4,6-7H,5,8-9H2,1H3,(H,13,14,15). The SMILES string of the molecule is Cc1noc(NCCCc2ccccc2)n1. The smallest absolute Gasteiger partial charge is 0.321 e. The van der Waals surface area contributed by atoms with Crippen molar-refractivity contribution in [3.8, 4) is 0 Å². The maximum atomic E-state index is 4.94. The van der Waals surface area contributed by atoms with E-state index in [1.165, 1.54) is 5.56 Å². The lowest BCUT2D eigenvalue weighted by Crippen LogP contribution is -2.03. The normalized spacial score (nSPS) is 10.3. The van der Waals surface area contributed by atoms with E-state index in [9.17, 15) is 0 Å². The van der Waals surface area contributed by atoms with Gasteiger partial charge in [-0.15, -0.1) is 0 Å². The molecule has 1 aromatic heterocycles. The highest BCUT2D eigenvalue weighted by atomic mass is 16.5. The second-order valence-corrected chi connectivity index (χ2v) is 3.66. The van der Waals surface area contributed by atoms with Gasteiger partial charge in [-0.05, 0) is 25.3 Å². The molecule has 84 valence electrons. The highest BCUT2D eigenvalue weighted by molar-refractivity contribution is 5.18. The molecule has 0 unspecified atom stereocenters. The summed E-state index contributed by atoms with van der Waals surface area (Å²) in [5, 5.41) is 6.80. The molecule has 0 radical (unpaired) electrons. The Morgan fingerprint density at radius 2 is 2.06 bits per heavy atom. The third kappa shape index (κ3) is 3.08. The van der Waals surface area contributed by atoms with Crippen LogP contribution in [0.4, 0.5) is 6.01 Å². The van der Waals surface area contributed by atoms with Gasteiger partial charge < -0.3 is 9.84 Å². The van der Waals surface area contributed by atoms with Crippen LogP contribution < -0.4 is 5.32 Å². The molecule has 1 aromatic carbocycles. The third-order valence-corrected chi connectivity index (χ3v) is 2.29. The van der Waals surface area contributed by atoms with E-state index in [2.05, 4.69) is 39.7 Å². The molecule has 0 bridgehead atoms. The van der Waals surface area contributed by atoms with E-state index in [0.717, 1.165) is 19.4 Å². The summed E-state index contributed by atoms with van der Waals surface area (Å²) in [5.74, 6) is 0.658. The molecule has 4 nitrogen and oxygen atoms in total. The van der Waals surface area contributed by atoms with Crippen LogP contribution >= 0.6 is 0 Å². The quantitative estimate of drug-likeness (QED) is 0.781. The van der Waals surface area contributed by atoms with Crippen molar-refractivity contribution in [1.82, 2.24) is 10.1 Å². The molecule has 0 saturated heterocycles. The van der Waals surface area contributed by atoms with Crippen LogP contribution in [0, 0.1) is 6.92 Å². The highest BCUT2D eigenvalue weighted by Gasteiger charge is 2.00. The molecule has 0 atom stereocenters. The van der Waals surface area contributed by atoms with Crippen molar-refractivity contribution in [3.05, 3.63) is 41.7 Å². The van der Waals surface area contributed by atoms with E-state index >= 15 is 0 Å². The van der Waals surface area contributed by atoms with Crippen LogP contribution in [0.2, 0.25) is 0 Å². The van der Waals surface area contributed by atoms with Crippen LogP contribution in [0.15, 0.2) is 34.9 Å². The molecule has 0 amide bonds. The molecule has 0 aliphatic rings. The Hall–Kier alpha value is -1.84. The Balaban J connectivity index is 1.69. The van der Waals surface area contributed by atoms with Crippen molar-refractivity contribution in [2.75, 3.05) is 11.9 Å². The van der Waals surface area contributed by atoms with Crippen LogP contribution in [-0.4, -0.2) is 16.7 Å². The monoisotopic (exact) mass is 217 g/mol. The topological polar surface area (TPSA) is 51.0 Å². The molecule has 0 fully saturated rings. The number of rotatable bonds is 5. The Labute approximate surface area is 94.7 Å². The molecular weight excluding hydrogens is 202 g/mol. The number of nitrogens with one attached hydrogen (secondary N) is 1. The van der Waals surface area contributed by atoms with Crippen molar-refractivity contribution in [2.45, 2.75) is 19.8 Å². The fourth-order valence-corrected chi connectivity index (χ4v) is 1.50. The van der Waals surface area contributed by atoms with Gasteiger partial charge in [-0.25, -0.2) is 0 Å². The molecule has 0 aliphatic carbocycles. The fraction of sp³-hybridized carbons (Fsp3) is 0.333. The first-order valence-electron chi connectivity index (χ1n) is 5.43. The molecule has 4 heteroatoms. The van der Waals surface area contributed by atoms with E-state index in [-0.39, 0.29) is 0 Å². The van der Waals surface area contributed by atoms with Gasteiger partial charge >= 0.3 is 6.01 Å². The molecule has 2 aromatic rings. The zero-order valence-corrected chi connectivity index (χ0v) is 9.31. The molecule has 2 rings (SSSR count). The Morgan fingerprint density at radius 1 is 1.25 bits per heavy atom. The number of nitrogens with zero attached hydrogens (tertiary/aromatic N) is 2. The first kappa shape index (κ1) is 10.7. The van der Waals surface area contributed by atoms with E-state index in [1.54, 1.807) is 6.92 Å². The summed E-state index contributed by atoms with van der Waals surface area (Å²) in [7, 11) is 0. The van der Waals surface area contributed by atoms with Gasteiger partial charge in [0.2, 0.25) is 0 Å². The van der Waals surface area contributed by atoms with Crippen LogP contribution in [-0.2, 0) is 6.42 Å². The molecule has 0 spiro atoms. The first-order chi connectivity index (χ1) is 7.84. The van der Waals surface area contributed by atoms with Crippen molar-refractivity contribution in [2.24, 2.45) is 0 Å². The lowest BCUT2D eigenvalue weighted by Gasteiger charge is -2.01. The predicted octanol–water partition coefficient (Wildman–Crippen LogP) is 2.42. The van der Waals surface area contributed by atoms with Gasteiger partial charge in [0.05, 0.1) is 0 Å². The second-order valence-electron chi connectivity index (χ2n) is 3.66. The molecule has 0 saturated carbocycles. The van der Waals surface area contributed by atoms with Crippen molar-refractivity contribution in [3.63, 3.8) is 0 Å². The van der Waals surface area contributed by atoms with Gasteiger partial charge in [-0.1, -0.05) is 35.5 Å². The van der Waals surface area contributed by atoms with Gasteiger partial charge in [0.25, 0.3) is 0 Å². The number of anilines is 1. The number of aryl methyl sites for hydroxylation is 2. The summed E-state index contributed by atoms with van der Waals surface area (Å²) in [5.41, 5.74) is 1.35. The van der Waals surface area contributed by atoms with Crippen LogP contribution in [0.25, 0.3) is 0 Å². The molecular formula is C12H15N3O. The second kappa shape index (κ2) is 5.30.